The fraction of sp³-hybridized carbons (Fsp3) is 0.500. The van der Waals surface area contributed by atoms with Crippen molar-refractivity contribution in [2.75, 3.05) is 6.66 Å². The Morgan fingerprint density at radius 3 is 2.57 bits per heavy atom. The zero-order valence-electron chi connectivity index (χ0n) is 4.86. The zero-order valence-corrected chi connectivity index (χ0v) is 5.86. The van der Waals surface area contributed by atoms with Crippen LogP contribution in [0.4, 0.5) is 0 Å². The second kappa shape index (κ2) is 1.88. The summed E-state index contributed by atoms with van der Waals surface area (Å²) in [6.07, 6.45) is 3.54. The monoisotopic (exact) mass is 114 g/mol. The van der Waals surface area contributed by atoms with Crippen molar-refractivity contribution in [3.05, 3.63) is 11.4 Å². The fourth-order valence-corrected chi connectivity index (χ4v) is 2.11. The van der Waals surface area contributed by atoms with Gasteiger partial charge in [0.05, 0.1) is 0 Å². The van der Waals surface area contributed by atoms with Crippen LogP contribution in [0.5, 0.6) is 0 Å². The highest BCUT2D eigenvalue weighted by atomic mass is 31.1. The van der Waals surface area contributed by atoms with E-state index < -0.39 is 0 Å². The molecule has 0 aromatic rings. The Balaban J connectivity index is 2.36. The lowest BCUT2D eigenvalue weighted by molar-refractivity contribution is 1.23. The highest BCUT2D eigenvalue weighted by Gasteiger charge is 2.04. The molecular weight excluding hydrogens is 103 g/mol. The van der Waals surface area contributed by atoms with Gasteiger partial charge in [-0.25, -0.2) is 0 Å². The maximum Gasteiger partial charge on any atom is -0.0313 e. The van der Waals surface area contributed by atoms with Gasteiger partial charge < -0.3 is 0 Å². The Bertz CT molecular complexity index is 131. The molecule has 1 aliphatic heterocycles. The summed E-state index contributed by atoms with van der Waals surface area (Å²) in [5.74, 6) is 2.38. The molecule has 1 unspecified atom stereocenters. The van der Waals surface area contributed by atoms with Crippen LogP contribution < -0.4 is 0 Å². The van der Waals surface area contributed by atoms with E-state index in [1.807, 2.05) is 0 Å². The van der Waals surface area contributed by atoms with Gasteiger partial charge in [0.1, 0.15) is 0 Å². The van der Waals surface area contributed by atoms with Crippen molar-refractivity contribution in [1.29, 1.82) is 0 Å². The average Bonchev–Trinajstić information content (AvgIpc) is 2.22. The normalized spacial score (nSPS) is 32.9. The second-order valence-electron chi connectivity index (χ2n) is 1.90. The molecule has 7 heavy (non-hydrogen) atoms. The Kier molecular flexibility index (Phi) is 1.39. The molecule has 0 radical (unpaired) electrons. The van der Waals surface area contributed by atoms with Crippen molar-refractivity contribution in [3.63, 3.8) is 0 Å². The molecule has 1 heterocycles. The topological polar surface area (TPSA) is 0 Å². The molecule has 0 aromatic heterocycles. The first-order valence-corrected chi connectivity index (χ1v) is 4.81. The van der Waals surface area contributed by atoms with Crippen molar-refractivity contribution >= 4 is 13.3 Å². The lowest BCUT2D eigenvalue weighted by Gasteiger charge is -1.74. The number of rotatable bonds is 1. The molecule has 1 heteroatoms. The van der Waals surface area contributed by atoms with E-state index in [4.69, 9.17) is 0 Å². The fourth-order valence-electron chi connectivity index (χ4n) is 0.637. The molecule has 0 spiro atoms. The van der Waals surface area contributed by atoms with Gasteiger partial charge in [0.15, 0.2) is 0 Å². The summed E-state index contributed by atoms with van der Waals surface area (Å²) in [4.78, 5) is 0. The van der Waals surface area contributed by atoms with Gasteiger partial charge in [-0.15, -0.1) is 0 Å². The van der Waals surface area contributed by atoms with Crippen LogP contribution in [-0.4, -0.2) is 12.5 Å². The van der Waals surface area contributed by atoms with Gasteiger partial charge in [-0.05, 0) is 18.4 Å². The third-order valence-corrected chi connectivity index (χ3v) is 2.86. The summed E-state index contributed by atoms with van der Waals surface area (Å²) in [6.45, 7) is 4.51. The molecule has 0 saturated heterocycles. The summed E-state index contributed by atoms with van der Waals surface area (Å²) in [6, 6.07) is 0. The number of hydrogen-bond acceptors (Lipinski definition) is 0. The van der Waals surface area contributed by atoms with Gasteiger partial charge in [-0.2, -0.15) is 0 Å². The third-order valence-electron chi connectivity index (χ3n) is 1.17. The molecule has 0 fully saturated rings. The maximum absolute atomic E-state index is 2.38. The standard InChI is InChI=1S/C6H11P/c1-3-4-6-5-7(6)2/h4-5,7H,3H2,1-2H3/b6-4+. The molecule has 0 aliphatic carbocycles. The summed E-state index contributed by atoms with van der Waals surface area (Å²) < 4.78 is 0. The molecule has 0 saturated carbocycles. The minimum Gasteiger partial charge on any atom is -0.0924 e. The van der Waals surface area contributed by atoms with Crippen molar-refractivity contribution in [1.82, 2.24) is 0 Å². The van der Waals surface area contributed by atoms with E-state index in [0.29, 0.717) is 0 Å². The van der Waals surface area contributed by atoms with E-state index in [2.05, 4.69) is 25.5 Å². The quantitative estimate of drug-likeness (QED) is 0.457. The molecule has 0 amide bonds. The summed E-state index contributed by atoms with van der Waals surface area (Å²) in [5.41, 5.74) is 0. The molecule has 1 atom stereocenters. The number of allylic oxidation sites excluding steroid dienone is 2. The molecule has 0 bridgehead atoms. The largest absolute Gasteiger partial charge is 0.0924 e. The minimum absolute atomic E-state index is 0.00552. The predicted molar refractivity (Wildman–Crippen MR) is 38.7 cm³/mol. The Hall–Kier alpha value is 0.0400. The molecule has 0 N–H and O–H groups in total. The first kappa shape index (κ1) is 5.18. The third kappa shape index (κ3) is 1.21. The van der Waals surface area contributed by atoms with Crippen molar-refractivity contribution < 1.29 is 0 Å². The van der Waals surface area contributed by atoms with Gasteiger partial charge in [-0.1, -0.05) is 26.3 Å². The van der Waals surface area contributed by atoms with Gasteiger partial charge in [-0.3, -0.25) is 0 Å². The zero-order chi connectivity index (χ0) is 5.28. The van der Waals surface area contributed by atoms with Crippen molar-refractivity contribution in [2.24, 2.45) is 0 Å². The van der Waals surface area contributed by atoms with Crippen LogP contribution in [0.3, 0.4) is 0 Å². The van der Waals surface area contributed by atoms with Gasteiger partial charge >= 0.3 is 0 Å². The first-order chi connectivity index (χ1) is 3.34. The average molecular weight is 114 g/mol. The van der Waals surface area contributed by atoms with Gasteiger partial charge in [0.25, 0.3) is 0 Å². The van der Waals surface area contributed by atoms with Crippen LogP contribution in [0.25, 0.3) is 0 Å². The van der Waals surface area contributed by atoms with Gasteiger partial charge in [0.2, 0.25) is 0 Å². The smallest absolute Gasteiger partial charge is 0.0313 e. The highest BCUT2D eigenvalue weighted by molar-refractivity contribution is 7.73. The number of hydrogen-bond donors (Lipinski definition) is 0. The van der Waals surface area contributed by atoms with E-state index in [1.54, 1.807) is 5.31 Å². The van der Waals surface area contributed by atoms with Crippen molar-refractivity contribution in [2.45, 2.75) is 13.3 Å². The Morgan fingerprint density at radius 2 is 2.43 bits per heavy atom. The lowest BCUT2D eigenvalue weighted by atomic mass is 10.4. The van der Waals surface area contributed by atoms with Crippen LogP contribution >= 0.6 is 7.55 Å². The first-order valence-electron chi connectivity index (χ1n) is 2.73. The lowest BCUT2D eigenvalue weighted by Crippen LogP contribution is -1.51. The van der Waals surface area contributed by atoms with Crippen LogP contribution in [0, 0.1) is 0 Å². The molecular formula is C6H11P. The maximum atomic E-state index is 2.38. The van der Waals surface area contributed by atoms with E-state index in [0.717, 1.165) is 0 Å². The van der Waals surface area contributed by atoms with Crippen molar-refractivity contribution in [3.8, 4) is 0 Å². The van der Waals surface area contributed by atoms with Gasteiger partial charge in [0, 0.05) is 0 Å². The SMILES string of the molecule is CC/C=C1C=[PH]\1C. The Labute approximate surface area is 45.6 Å². The second-order valence-corrected chi connectivity index (χ2v) is 4.13. The van der Waals surface area contributed by atoms with Crippen LogP contribution in [-0.2, 0) is 0 Å². The molecule has 0 nitrogen and oxygen atoms in total. The molecule has 1 rings (SSSR count). The van der Waals surface area contributed by atoms with Crippen LogP contribution in [0.15, 0.2) is 11.4 Å². The van der Waals surface area contributed by atoms with Crippen LogP contribution in [0.2, 0.25) is 0 Å². The highest BCUT2D eigenvalue weighted by Crippen LogP contribution is 2.42. The summed E-state index contributed by atoms with van der Waals surface area (Å²) in [7, 11) is 0.00552. The van der Waals surface area contributed by atoms with E-state index in [-0.39, 0.29) is 7.55 Å². The molecule has 0 aromatic carbocycles. The minimum atomic E-state index is 0.00552. The van der Waals surface area contributed by atoms with Crippen LogP contribution in [0.1, 0.15) is 13.3 Å². The van der Waals surface area contributed by atoms with E-state index in [1.165, 1.54) is 6.42 Å². The van der Waals surface area contributed by atoms with E-state index in [9.17, 15) is 0 Å². The predicted octanol–water partition coefficient (Wildman–Crippen LogP) is 1.94. The summed E-state index contributed by atoms with van der Waals surface area (Å²) >= 11 is 0. The van der Waals surface area contributed by atoms with E-state index >= 15 is 0 Å². The summed E-state index contributed by atoms with van der Waals surface area (Å²) in [5, 5.41) is 1.65. The molecule has 1 aliphatic rings. The Morgan fingerprint density at radius 1 is 1.86 bits per heavy atom. The molecule has 40 valence electrons.